The zero-order valence-electron chi connectivity index (χ0n) is 14.3. The second-order valence-corrected chi connectivity index (χ2v) is 7.23. The first-order chi connectivity index (χ1) is 11.6. The summed E-state index contributed by atoms with van der Waals surface area (Å²) in [6.07, 6.45) is 4.36. The number of furan rings is 1. The van der Waals surface area contributed by atoms with Crippen LogP contribution in [0.15, 0.2) is 27.1 Å². The summed E-state index contributed by atoms with van der Waals surface area (Å²) < 4.78 is 11.1. The summed E-state index contributed by atoms with van der Waals surface area (Å²) in [6, 6.07) is 6.10. The van der Waals surface area contributed by atoms with Crippen LogP contribution >= 0.6 is 0 Å². The molecule has 1 saturated heterocycles. The zero-order valence-corrected chi connectivity index (χ0v) is 14.3. The van der Waals surface area contributed by atoms with Gasteiger partial charge in [-0.05, 0) is 44.2 Å². The molecule has 1 saturated carbocycles. The minimum absolute atomic E-state index is 0.0643. The molecule has 5 nitrogen and oxygen atoms in total. The van der Waals surface area contributed by atoms with Crippen LogP contribution in [-0.4, -0.2) is 22.5 Å². The van der Waals surface area contributed by atoms with E-state index in [2.05, 4.69) is 18.1 Å². The normalized spacial score (nSPS) is 26.1. The van der Waals surface area contributed by atoms with Gasteiger partial charge in [0, 0.05) is 31.4 Å². The van der Waals surface area contributed by atoms with Gasteiger partial charge in [0.1, 0.15) is 23.0 Å². The molecule has 128 valence electrons. The Morgan fingerprint density at radius 2 is 2.25 bits per heavy atom. The van der Waals surface area contributed by atoms with E-state index in [0.29, 0.717) is 18.8 Å². The van der Waals surface area contributed by atoms with Crippen LogP contribution in [0.3, 0.4) is 0 Å². The van der Waals surface area contributed by atoms with Gasteiger partial charge in [0.05, 0.1) is 6.04 Å². The molecule has 4 rings (SSSR count). The fourth-order valence-corrected chi connectivity index (χ4v) is 3.74. The maximum Gasteiger partial charge on any atom is 0.223 e. The highest BCUT2D eigenvalue weighted by molar-refractivity contribution is 5.77. The molecule has 0 spiro atoms. The van der Waals surface area contributed by atoms with Crippen molar-refractivity contribution in [3.05, 3.63) is 41.2 Å². The molecular formula is C19H24N2O3. The maximum atomic E-state index is 12.6. The third kappa shape index (κ3) is 2.99. The van der Waals surface area contributed by atoms with E-state index in [4.69, 9.17) is 8.94 Å². The fraction of sp³-hybridized carbons (Fsp3) is 0.579. The highest BCUT2D eigenvalue weighted by Crippen LogP contribution is 2.47. The molecule has 3 atom stereocenters. The molecule has 1 aliphatic carbocycles. The monoisotopic (exact) mass is 328 g/mol. The predicted octanol–water partition coefficient (Wildman–Crippen LogP) is 4.00. The molecule has 0 aromatic carbocycles. The average molecular weight is 328 g/mol. The van der Waals surface area contributed by atoms with Crippen LogP contribution in [0.4, 0.5) is 0 Å². The fourth-order valence-electron chi connectivity index (χ4n) is 3.74. The van der Waals surface area contributed by atoms with Gasteiger partial charge in [-0.1, -0.05) is 12.1 Å². The van der Waals surface area contributed by atoms with Crippen LogP contribution < -0.4 is 0 Å². The standard InChI is InChI=1S/C19H24N2O3/c1-12-10-15(12)18-7-5-14(23-18)6-8-19(22)21-9-3-4-17(21)16-11-13(2)24-20-16/h5,7,11-12,15,17H,3-4,6,8-10H2,1-2H3/t12-,15-,17+/m1/s1. The van der Waals surface area contributed by atoms with Gasteiger partial charge in [0.25, 0.3) is 0 Å². The zero-order chi connectivity index (χ0) is 16.7. The number of carbonyl (C=O) groups excluding carboxylic acids is 1. The minimum Gasteiger partial charge on any atom is -0.466 e. The number of likely N-dealkylation sites (tertiary alicyclic amines) is 1. The number of nitrogens with zero attached hydrogens (tertiary/aromatic N) is 2. The topological polar surface area (TPSA) is 59.5 Å². The maximum absolute atomic E-state index is 12.6. The molecule has 2 aromatic heterocycles. The van der Waals surface area contributed by atoms with Crippen LogP contribution in [0.2, 0.25) is 0 Å². The van der Waals surface area contributed by atoms with Crippen molar-refractivity contribution in [2.75, 3.05) is 6.54 Å². The SMILES string of the molecule is Cc1cc([C@@H]2CCCN2C(=O)CCc2ccc([C@@H]3C[C@H]3C)o2)no1. The molecule has 2 aromatic rings. The first kappa shape index (κ1) is 15.5. The third-order valence-electron chi connectivity index (χ3n) is 5.30. The van der Waals surface area contributed by atoms with Gasteiger partial charge < -0.3 is 13.8 Å². The number of rotatable bonds is 5. The first-order valence-electron chi connectivity index (χ1n) is 8.93. The Bertz CT molecular complexity index is 733. The number of aryl methyl sites for hydroxylation is 2. The summed E-state index contributed by atoms with van der Waals surface area (Å²) >= 11 is 0. The largest absolute Gasteiger partial charge is 0.466 e. The van der Waals surface area contributed by atoms with Gasteiger partial charge >= 0.3 is 0 Å². The number of amides is 1. The van der Waals surface area contributed by atoms with Crippen LogP contribution in [0.25, 0.3) is 0 Å². The van der Waals surface area contributed by atoms with Crippen LogP contribution in [0, 0.1) is 12.8 Å². The van der Waals surface area contributed by atoms with Crippen LogP contribution in [0.1, 0.15) is 67.5 Å². The van der Waals surface area contributed by atoms with E-state index < -0.39 is 0 Å². The molecule has 0 unspecified atom stereocenters. The van der Waals surface area contributed by atoms with E-state index in [1.807, 2.05) is 24.0 Å². The smallest absolute Gasteiger partial charge is 0.223 e. The summed E-state index contributed by atoms with van der Waals surface area (Å²) in [7, 11) is 0. The van der Waals surface area contributed by atoms with Gasteiger partial charge in [0.15, 0.2) is 0 Å². The van der Waals surface area contributed by atoms with Crippen LogP contribution in [-0.2, 0) is 11.2 Å². The summed E-state index contributed by atoms with van der Waals surface area (Å²) in [4.78, 5) is 14.6. The van der Waals surface area contributed by atoms with E-state index in [0.717, 1.165) is 48.3 Å². The van der Waals surface area contributed by atoms with E-state index in [9.17, 15) is 4.79 Å². The molecule has 0 bridgehead atoms. The van der Waals surface area contributed by atoms with Crippen molar-refractivity contribution in [2.24, 2.45) is 5.92 Å². The van der Waals surface area contributed by atoms with Crippen molar-refractivity contribution >= 4 is 5.91 Å². The average Bonchev–Trinajstić information content (AvgIpc) is 3.03. The van der Waals surface area contributed by atoms with Crippen molar-refractivity contribution < 1.29 is 13.7 Å². The van der Waals surface area contributed by atoms with E-state index in [1.165, 1.54) is 6.42 Å². The number of hydrogen-bond acceptors (Lipinski definition) is 4. The van der Waals surface area contributed by atoms with Gasteiger partial charge in [-0.3, -0.25) is 4.79 Å². The lowest BCUT2D eigenvalue weighted by molar-refractivity contribution is -0.132. The Hall–Kier alpha value is -2.04. The van der Waals surface area contributed by atoms with Crippen molar-refractivity contribution in [1.29, 1.82) is 0 Å². The predicted molar refractivity (Wildman–Crippen MR) is 88.5 cm³/mol. The summed E-state index contributed by atoms with van der Waals surface area (Å²) in [6.45, 7) is 4.93. The molecule has 5 heteroatoms. The number of carbonyl (C=O) groups is 1. The van der Waals surface area contributed by atoms with E-state index in [-0.39, 0.29) is 11.9 Å². The van der Waals surface area contributed by atoms with Crippen molar-refractivity contribution in [3.63, 3.8) is 0 Å². The Morgan fingerprint density at radius 3 is 2.96 bits per heavy atom. The molecule has 2 fully saturated rings. The Balaban J connectivity index is 1.36. The van der Waals surface area contributed by atoms with Gasteiger partial charge in [-0.2, -0.15) is 0 Å². The quantitative estimate of drug-likeness (QED) is 0.832. The Kier molecular flexibility index (Phi) is 3.94. The van der Waals surface area contributed by atoms with Crippen LogP contribution in [0.5, 0.6) is 0 Å². The molecular weight excluding hydrogens is 304 g/mol. The minimum atomic E-state index is 0.0643. The van der Waals surface area contributed by atoms with Crippen molar-refractivity contribution in [2.45, 2.75) is 57.9 Å². The van der Waals surface area contributed by atoms with Gasteiger partial charge in [0.2, 0.25) is 5.91 Å². The summed E-state index contributed by atoms with van der Waals surface area (Å²) in [5.74, 6) is 4.31. The molecule has 3 heterocycles. The molecule has 0 radical (unpaired) electrons. The lowest BCUT2D eigenvalue weighted by atomic mass is 10.1. The highest BCUT2D eigenvalue weighted by atomic mass is 16.5. The van der Waals surface area contributed by atoms with Gasteiger partial charge in [-0.15, -0.1) is 0 Å². The Morgan fingerprint density at radius 1 is 1.42 bits per heavy atom. The molecule has 0 N–H and O–H groups in total. The van der Waals surface area contributed by atoms with Gasteiger partial charge in [-0.25, -0.2) is 0 Å². The Labute approximate surface area is 142 Å². The molecule has 24 heavy (non-hydrogen) atoms. The second-order valence-electron chi connectivity index (χ2n) is 7.23. The van der Waals surface area contributed by atoms with E-state index in [1.54, 1.807) is 0 Å². The molecule has 2 aliphatic rings. The van der Waals surface area contributed by atoms with Crippen molar-refractivity contribution in [1.82, 2.24) is 10.1 Å². The van der Waals surface area contributed by atoms with E-state index >= 15 is 0 Å². The molecule has 1 amide bonds. The number of hydrogen-bond donors (Lipinski definition) is 0. The highest BCUT2D eigenvalue weighted by Gasteiger charge is 2.36. The molecule has 1 aliphatic heterocycles. The second kappa shape index (κ2) is 6.11. The first-order valence-corrected chi connectivity index (χ1v) is 8.93. The van der Waals surface area contributed by atoms with Crippen molar-refractivity contribution in [3.8, 4) is 0 Å². The number of aromatic nitrogens is 1. The summed E-state index contributed by atoms with van der Waals surface area (Å²) in [5.41, 5.74) is 0.876. The lowest BCUT2D eigenvalue weighted by Crippen LogP contribution is -2.30. The third-order valence-corrected chi connectivity index (χ3v) is 5.30. The summed E-state index contributed by atoms with van der Waals surface area (Å²) in [5, 5.41) is 4.10. The lowest BCUT2D eigenvalue weighted by Gasteiger charge is -2.22.